The van der Waals surface area contributed by atoms with Crippen molar-refractivity contribution in [2.45, 2.75) is 19.3 Å². The molecule has 0 radical (unpaired) electrons. The molecule has 0 aromatic heterocycles. The SMILES string of the molecule is COc1ccc(C(C)(C)CNCC(=O)O)c(OC)c1. The largest absolute Gasteiger partial charge is 0.497 e. The molecule has 2 N–H and O–H groups in total. The van der Waals surface area contributed by atoms with Gasteiger partial charge in [0.25, 0.3) is 0 Å². The van der Waals surface area contributed by atoms with Gasteiger partial charge in [-0.15, -0.1) is 0 Å². The summed E-state index contributed by atoms with van der Waals surface area (Å²) < 4.78 is 10.5. The molecule has 0 saturated heterocycles. The van der Waals surface area contributed by atoms with Crippen molar-refractivity contribution in [2.75, 3.05) is 27.3 Å². The van der Waals surface area contributed by atoms with Gasteiger partial charge in [-0.05, 0) is 6.07 Å². The van der Waals surface area contributed by atoms with Gasteiger partial charge in [0.1, 0.15) is 11.5 Å². The Morgan fingerprint density at radius 3 is 2.53 bits per heavy atom. The minimum absolute atomic E-state index is 0.0537. The first kappa shape index (κ1) is 15.3. The molecule has 0 bridgehead atoms. The predicted octanol–water partition coefficient (Wildman–Crippen LogP) is 1.66. The average Bonchev–Trinajstić information content (AvgIpc) is 2.37. The van der Waals surface area contributed by atoms with Gasteiger partial charge < -0.3 is 19.9 Å². The number of ether oxygens (including phenoxy) is 2. The van der Waals surface area contributed by atoms with Crippen molar-refractivity contribution in [1.82, 2.24) is 5.32 Å². The van der Waals surface area contributed by atoms with Crippen LogP contribution >= 0.6 is 0 Å². The number of carboxylic acids is 1. The number of carbonyl (C=O) groups is 1. The lowest BCUT2D eigenvalue weighted by atomic mass is 9.84. The number of benzene rings is 1. The number of nitrogens with one attached hydrogen (secondary N) is 1. The van der Waals surface area contributed by atoms with Crippen LogP contribution in [0.25, 0.3) is 0 Å². The molecule has 0 aliphatic rings. The van der Waals surface area contributed by atoms with Crippen molar-refractivity contribution < 1.29 is 19.4 Å². The zero-order valence-electron chi connectivity index (χ0n) is 11.8. The molecule has 0 amide bonds. The summed E-state index contributed by atoms with van der Waals surface area (Å²) in [7, 11) is 3.22. The van der Waals surface area contributed by atoms with E-state index in [2.05, 4.69) is 5.32 Å². The molecule has 1 aromatic rings. The summed E-state index contributed by atoms with van der Waals surface area (Å²) in [6.45, 7) is 4.56. The standard InChI is InChI=1S/C14H21NO4/c1-14(2,9-15-8-13(16)17)11-6-5-10(18-3)7-12(11)19-4/h5-7,15H,8-9H2,1-4H3,(H,16,17). The third-order valence-corrected chi connectivity index (χ3v) is 2.98. The van der Waals surface area contributed by atoms with E-state index in [0.717, 1.165) is 17.1 Å². The number of hydrogen-bond donors (Lipinski definition) is 2. The number of aliphatic carboxylic acids is 1. The Hall–Kier alpha value is -1.75. The molecule has 0 saturated carbocycles. The summed E-state index contributed by atoms with van der Waals surface area (Å²) >= 11 is 0. The average molecular weight is 267 g/mol. The van der Waals surface area contributed by atoms with Gasteiger partial charge in [-0.2, -0.15) is 0 Å². The minimum Gasteiger partial charge on any atom is -0.497 e. The molecule has 5 nitrogen and oxygen atoms in total. The Kier molecular flexibility index (Phi) is 5.18. The minimum atomic E-state index is -0.863. The van der Waals surface area contributed by atoms with Crippen molar-refractivity contribution >= 4 is 5.97 Å². The summed E-state index contributed by atoms with van der Waals surface area (Å²) in [5, 5.41) is 11.6. The molecular weight excluding hydrogens is 246 g/mol. The van der Waals surface area contributed by atoms with Crippen LogP contribution in [0, 0.1) is 0 Å². The second-order valence-corrected chi connectivity index (χ2v) is 4.95. The van der Waals surface area contributed by atoms with Gasteiger partial charge in [-0.1, -0.05) is 19.9 Å². The molecule has 0 atom stereocenters. The van der Waals surface area contributed by atoms with E-state index in [0.29, 0.717) is 6.54 Å². The Labute approximate surface area is 113 Å². The third kappa shape index (κ3) is 4.13. The van der Waals surface area contributed by atoms with Gasteiger partial charge in [0, 0.05) is 23.6 Å². The van der Waals surface area contributed by atoms with Crippen LogP contribution < -0.4 is 14.8 Å². The Balaban J connectivity index is 2.89. The van der Waals surface area contributed by atoms with Crippen molar-refractivity contribution in [1.29, 1.82) is 0 Å². The van der Waals surface area contributed by atoms with E-state index in [9.17, 15) is 4.79 Å². The Morgan fingerprint density at radius 1 is 1.32 bits per heavy atom. The van der Waals surface area contributed by atoms with E-state index < -0.39 is 5.97 Å². The van der Waals surface area contributed by atoms with Crippen molar-refractivity contribution in [3.63, 3.8) is 0 Å². The second-order valence-electron chi connectivity index (χ2n) is 4.95. The summed E-state index contributed by atoms with van der Waals surface area (Å²) in [6, 6.07) is 5.64. The van der Waals surface area contributed by atoms with Crippen LogP contribution in [-0.4, -0.2) is 38.4 Å². The van der Waals surface area contributed by atoms with E-state index in [1.165, 1.54) is 0 Å². The first-order chi connectivity index (χ1) is 8.90. The number of rotatable bonds is 7. The Bertz CT molecular complexity index is 443. The van der Waals surface area contributed by atoms with Gasteiger partial charge in [0.05, 0.1) is 20.8 Å². The molecule has 1 aromatic carbocycles. The zero-order valence-corrected chi connectivity index (χ0v) is 11.8. The summed E-state index contributed by atoms with van der Waals surface area (Å²) in [4.78, 5) is 10.5. The normalized spacial score (nSPS) is 11.2. The lowest BCUT2D eigenvalue weighted by Crippen LogP contribution is -2.36. The van der Waals surface area contributed by atoms with Crippen LogP contribution in [0.2, 0.25) is 0 Å². The fourth-order valence-corrected chi connectivity index (χ4v) is 1.93. The maximum absolute atomic E-state index is 10.5. The zero-order chi connectivity index (χ0) is 14.5. The highest BCUT2D eigenvalue weighted by Crippen LogP contribution is 2.33. The quantitative estimate of drug-likeness (QED) is 0.786. The fourth-order valence-electron chi connectivity index (χ4n) is 1.93. The third-order valence-electron chi connectivity index (χ3n) is 2.98. The van der Waals surface area contributed by atoms with Gasteiger partial charge in [-0.25, -0.2) is 0 Å². The summed E-state index contributed by atoms with van der Waals surface area (Å²) in [6.07, 6.45) is 0. The molecular formula is C14H21NO4. The second kappa shape index (κ2) is 6.43. The van der Waals surface area contributed by atoms with Crippen LogP contribution in [0.5, 0.6) is 11.5 Å². The lowest BCUT2D eigenvalue weighted by Gasteiger charge is -2.27. The molecule has 0 spiro atoms. The number of carboxylic acid groups (broad SMARTS) is 1. The van der Waals surface area contributed by atoms with E-state index >= 15 is 0 Å². The molecule has 106 valence electrons. The topological polar surface area (TPSA) is 67.8 Å². The van der Waals surface area contributed by atoms with Gasteiger partial charge in [0.2, 0.25) is 0 Å². The van der Waals surface area contributed by atoms with Crippen molar-refractivity contribution in [3.05, 3.63) is 23.8 Å². The molecule has 0 fully saturated rings. The molecule has 0 unspecified atom stereocenters. The van der Waals surface area contributed by atoms with E-state index in [1.54, 1.807) is 14.2 Å². The highest BCUT2D eigenvalue weighted by Gasteiger charge is 2.24. The van der Waals surface area contributed by atoms with Gasteiger partial charge in [0.15, 0.2) is 0 Å². The maximum Gasteiger partial charge on any atom is 0.317 e. The van der Waals surface area contributed by atoms with Crippen LogP contribution in [0.4, 0.5) is 0 Å². The summed E-state index contributed by atoms with van der Waals surface area (Å²) in [5.41, 5.74) is 0.765. The van der Waals surface area contributed by atoms with Crippen LogP contribution in [-0.2, 0) is 10.2 Å². The lowest BCUT2D eigenvalue weighted by molar-refractivity contribution is -0.136. The van der Waals surface area contributed by atoms with E-state index in [-0.39, 0.29) is 12.0 Å². The number of hydrogen-bond acceptors (Lipinski definition) is 4. The van der Waals surface area contributed by atoms with Crippen LogP contribution in [0.15, 0.2) is 18.2 Å². The van der Waals surface area contributed by atoms with Crippen LogP contribution in [0.3, 0.4) is 0 Å². The van der Waals surface area contributed by atoms with Crippen molar-refractivity contribution in [2.24, 2.45) is 0 Å². The molecule has 0 aliphatic carbocycles. The van der Waals surface area contributed by atoms with Crippen molar-refractivity contribution in [3.8, 4) is 11.5 Å². The van der Waals surface area contributed by atoms with Gasteiger partial charge in [-0.3, -0.25) is 4.79 Å². The first-order valence-electron chi connectivity index (χ1n) is 6.05. The molecule has 5 heteroatoms. The van der Waals surface area contributed by atoms with E-state index in [1.807, 2.05) is 32.0 Å². The van der Waals surface area contributed by atoms with E-state index in [4.69, 9.17) is 14.6 Å². The number of methoxy groups -OCH3 is 2. The highest BCUT2D eigenvalue weighted by molar-refractivity contribution is 5.69. The molecule has 1 rings (SSSR count). The Morgan fingerprint density at radius 2 is 2.00 bits per heavy atom. The molecule has 0 aliphatic heterocycles. The summed E-state index contributed by atoms with van der Waals surface area (Å²) in [5.74, 6) is 0.605. The fraction of sp³-hybridized carbons (Fsp3) is 0.500. The van der Waals surface area contributed by atoms with Gasteiger partial charge >= 0.3 is 5.97 Å². The highest BCUT2D eigenvalue weighted by atomic mass is 16.5. The smallest absolute Gasteiger partial charge is 0.317 e. The first-order valence-corrected chi connectivity index (χ1v) is 6.05. The van der Waals surface area contributed by atoms with Crippen LogP contribution in [0.1, 0.15) is 19.4 Å². The monoisotopic (exact) mass is 267 g/mol. The molecule has 19 heavy (non-hydrogen) atoms. The molecule has 0 heterocycles. The maximum atomic E-state index is 10.5. The predicted molar refractivity (Wildman–Crippen MR) is 73.1 cm³/mol.